The maximum atomic E-state index is 12.4. The molecule has 5 nitrogen and oxygen atoms in total. The fourth-order valence-electron chi connectivity index (χ4n) is 3.10. The maximum Gasteiger partial charge on any atom is 0.319 e. The molecular formula is C19H22BrN3O2. The lowest BCUT2D eigenvalue weighted by Gasteiger charge is -2.33. The van der Waals surface area contributed by atoms with E-state index in [0.29, 0.717) is 0 Å². The van der Waals surface area contributed by atoms with Crippen LogP contribution in [0.2, 0.25) is 0 Å². The number of hydrogen-bond donors (Lipinski definition) is 3. The number of halogens is 1. The molecule has 0 bridgehead atoms. The molecule has 0 radical (unpaired) electrons. The Labute approximate surface area is 156 Å². The van der Waals surface area contributed by atoms with E-state index < -0.39 is 0 Å². The summed E-state index contributed by atoms with van der Waals surface area (Å²) in [7, 11) is 1.66. The number of anilines is 1. The quantitative estimate of drug-likeness (QED) is 0.728. The van der Waals surface area contributed by atoms with Crippen LogP contribution in [0.4, 0.5) is 10.5 Å². The highest BCUT2D eigenvalue weighted by Crippen LogP contribution is 2.26. The van der Waals surface area contributed by atoms with Crippen LogP contribution >= 0.6 is 15.9 Å². The summed E-state index contributed by atoms with van der Waals surface area (Å²) in [4.78, 5) is 12.4. The van der Waals surface area contributed by atoms with Gasteiger partial charge in [0.25, 0.3) is 0 Å². The summed E-state index contributed by atoms with van der Waals surface area (Å²) >= 11 is 3.39. The molecule has 25 heavy (non-hydrogen) atoms. The number of carbonyl (C=O) groups excluding carboxylic acids is 1. The summed E-state index contributed by atoms with van der Waals surface area (Å²) in [6, 6.07) is 15.5. The topological polar surface area (TPSA) is 62.4 Å². The van der Waals surface area contributed by atoms with Crippen LogP contribution in [0.1, 0.15) is 17.9 Å². The van der Waals surface area contributed by atoms with Gasteiger partial charge in [-0.15, -0.1) is 0 Å². The van der Waals surface area contributed by atoms with Crippen molar-refractivity contribution in [1.82, 2.24) is 10.6 Å². The van der Waals surface area contributed by atoms with Crippen molar-refractivity contribution in [1.29, 1.82) is 0 Å². The standard InChI is InChI=1S/C19H22BrN3O2/c1-25-16-8-2-13(3-9-16)17-12-21-11-10-18(17)23-19(24)22-15-6-4-14(20)5-7-15/h2-9,17-18,21H,10-12H2,1H3,(H2,22,23,24)/t17?,18-/m1/s1. The van der Waals surface area contributed by atoms with Crippen LogP contribution in [0.5, 0.6) is 5.75 Å². The van der Waals surface area contributed by atoms with E-state index in [1.165, 1.54) is 5.56 Å². The van der Waals surface area contributed by atoms with Crippen molar-refractivity contribution in [2.45, 2.75) is 18.4 Å². The molecule has 6 heteroatoms. The summed E-state index contributed by atoms with van der Waals surface area (Å²) in [5.74, 6) is 1.07. The molecule has 1 aliphatic rings. The first-order valence-corrected chi connectivity index (χ1v) is 9.13. The van der Waals surface area contributed by atoms with Crippen molar-refractivity contribution >= 4 is 27.6 Å². The Hall–Kier alpha value is -2.05. The normalized spacial score (nSPS) is 19.9. The third-order valence-corrected chi connectivity index (χ3v) is 4.97. The van der Waals surface area contributed by atoms with E-state index in [4.69, 9.17) is 4.74 Å². The Morgan fingerprint density at radius 3 is 2.56 bits per heavy atom. The number of amides is 2. The third-order valence-electron chi connectivity index (χ3n) is 4.44. The second-order valence-corrected chi connectivity index (χ2v) is 7.00. The number of hydrogen-bond acceptors (Lipinski definition) is 3. The molecule has 1 unspecified atom stereocenters. The fourth-order valence-corrected chi connectivity index (χ4v) is 3.37. The molecule has 2 aromatic rings. The van der Waals surface area contributed by atoms with E-state index >= 15 is 0 Å². The Bertz CT molecular complexity index is 704. The average Bonchev–Trinajstić information content (AvgIpc) is 2.64. The molecule has 1 heterocycles. The van der Waals surface area contributed by atoms with Gasteiger partial charge in [-0.2, -0.15) is 0 Å². The van der Waals surface area contributed by atoms with Gasteiger partial charge < -0.3 is 20.7 Å². The molecule has 2 amide bonds. The van der Waals surface area contributed by atoms with Gasteiger partial charge in [-0.3, -0.25) is 0 Å². The summed E-state index contributed by atoms with van der Waals surface area (Å²) in [6.07, 6.45) is 0.893. The van der Waals surface area contributed by atoms with Crippen LogP contribution in [0.3, 0.4) is 0 Å². The van der Waals surface area contributed by atoms with Gasteiger partial charge in [0.2, 0.25) is 0 Å². The molecule has 3 rings (SSSR count). The van der Waals surface area contributed by atoms with Crippen molar-refractivity contribution in [2.24, 2.45) is 0 Å². The van der Waals surface area contributed by atoms with Crippen LogP contribution in [0, 0.1) is 0 Å². The number of rotatable bonds is 4. The fraction of sp³-hybridized carbons (Fsp3) is 0.316. The van der Waals surface area contributed by atoms with Gasteiger partial charge in [-0.1, -0.05) is 28.1 Å². The first kappa shape index (κ1) is 17.8. The zero-order chi connectivity index (χ0) is 17.6. The largest absolute Gasteiger partial charge is 0.497 e. The lowest BCUT2D eigenvalue weighted by molar-refractivity contribution is 0.242. The van der Waals surface area contributed by atoms with Crippen LogP contribution in [-0.2, 0) is 0 Å². The summed E-state index contributed by atoms with van der Waals surface area (Å²) < 4.78 is 6.21. The molecule has 132 valence electrons. The molecule has 2 atom stereocenters. The minimum absolute atomic E-state index is 0.0880. The summed E-state index contributed by atoms with van der Waals surface area (Å²) in [5.41, 5.74) is 1.97. The minimum Gasteiger partial charge on any atom is -0.497 e. The van der Waals surface area contributed by atoms with E-state index in [1.54, 1.807) is 7.11 Å². The van der Waals surface area contributed by atoms with Crippen molar-refractivity contribution in [3.05, 3.63) is 58.6 Å². The van der Waals surface area contributed by atoms with Crippen LogP contribution in [-0.4, -0.2) is 32.3 Å². The van der Waals surface area contributed by atoms with E-state index in [9.17, 15) is 4.79 Å². The number of nitrogens with one attached hydrogen (secondary N) is 3. The zero-order valence-electron chi connectivity index (χ0n) is 14.1. The van der Waals surface area contributed by atoms with Gasteiger partial charge in [-0.25, -0.2) is 4.79 Å². The van der Waals surface area contributed by atoms with E-state index in [1.807, 2.05) is 36.4 Å². The Morgan fingerprint density at radius 1 is 1.16 bits per heavy atom. The Morgan fingerprint density at radius 2 is 1.88 bits per heavy atom. The Balaban J connectivity index is 1.65. The number of urea groups is 1. The number of benzene rings is 2. The summed E-state index contributed by atoms with van der Waals surface area (Å²) in [6.45, 7) is 1.74. The number of ether oxygens (including phenoxy) is 1. The first-order valence-electron chi connectivity index (χ1n) is 8.33. The molecule has 3 N–H and O–H groups in total. The molecule has 0 spiro atoms. The second-order valence-electron chi connectivity index (χ2n) is 6.08. The van der Waals surface area contributed by atoms with Crippen LogP contribution in [0.25, 0.3) is 0 Å². The molecule has 0 aromatic heterocycles. The van der Waals surface area contributed by atoms with E-state index in [2.05, 4.69) is 44.0 Å². The lowest BCUT2D eigenvalue weighted by Crippen LogP contribution is -2.49. The summed E-state index contributed by atoms with van der Waals surface area (Å²) in [5, 5.41) is 9.43. The van der Waals surface area contributed by atoms with E-state index in [0.717, 1.165) is 35.4 Å². The highest BCUT2D eigenvalue weighted by Gasteiger charge is 2.27. The van der Waals surface area contributed by atoms with Crippen molar-refractivity contribution in [3.63, 3.8) is 0 Å². The number of piperidine rings is 1. The molecule has 1 saturated heterocycles. The molecule has 1 aliphatic heterocycles. The van der Waals surface area contributed by atoms with Crippen molar-refractivity contribution < 1.29 is 9.53 Å². The van der Waals surface area contributed by atoms with E-state index in [-0.39, 0.29) is 18.0 Å². The molecule has 0 saturated carbocycles. The van der Waals surface area contributed by atoms with Gasteiger partial charge in [0.1, 0.15) is 5.75 Å². The number of carbonyl (C=O) groups is 1. The highest BCUT2D eigenvalue weighted by atomic mass is 79.9. The van der Waals surface area contributed by atoms with Gasteiger partial charge >= 0.3 is 6.03 Å². The van der Waals surface area contributed by atoms with Gasteiger partial charge in [0, 0.05) is 28.7 Å². The average molecular weight is 404 g/mol. The number of methoxy groups -OCH3 is 1. The predicted octanol–water partition coefficient (Wildman–Crippen LogP) is 3.72. The van der Waals surface area contributed by atoms with Gasteiger partial charge in [-0.05, 0) is 54.9 Å². The van der Waals surface area contributed by atoms with Crippen LogP contribution < -0.4 is 20.7 Å². The highest BCUT2D eigenvalue weighted by molar-refractivity contribution is 9.10. The predicted molar refractivity (Wildman–Crippen MR) is 103 cm³/mol. The lowest BCUT2D eigenvalue weighted by atomic mass is 9.87. The second kappa shape index (κ2) is 8.36. The van der Waals surface area contributed by atoms with Gasteiger partial charge in [0.05, 0.1) is 7.11 Å². The monoisotopic (exact) mass is 403 g/mol. The van der Waals surface area contributed by atoms with Gasteiger partial charge in [0.15, 0.2) is 0 Å². The van der Waals surface area contributed by atoms with Crippen molar-refractivity contribution in [3.8, 4) is 5.75 Å². The molecule has 1 fully saturated rings. The van der Waals surface area contributed by atoms with Crippen molar-refractivity contribution in [2.75, 3.05) is 25.5 Å². The smallest absolute Gasteiger partial charge is 0.319 e. The zero-order valence-corrected chi connectivity index (χ0v) is 15.7. The van der Waals surface area contributed by atoms with Crippen LogP contribution in [0.15, 0.2) is 53.0 Å². The molecule has 2 aromatic carbocycles. The third kappa shape index (κ3) is 4.74. The SMILES string of the molecule is COc1ccc(C2CNCC[C@H]2NC(=O)Nc2ccc(Br)cc2)cc1. The Kier molecular flexibility index (Phi) is 5.94. The maximum absolute atomic E-state index is 12.4. The first-order chi connectivity index (χ1) is 12.2. The minimum atomic E-state index is -0.173. The molecule has 0 aliphatic carbocycles. The molecular weight excluding hydrogens is 382 g/mol.